The van der Waals surface area contributed by atoms with Gasteiger partial charge in [0.15, 0.2) is 0 Å². The molecule has 120 valence electrons. The highest BCUT2D eigenvalue weighted by Gasteiger charge is 2.25. The van der Waals surface area contributed by atoms with E-state index in [0.717, 1.165) is 7.11 Å². The number of carboxylic acids is 1. The van der Waals surface area contributed by atoms with Crippen molar-refractivity contribution in [2.24, 2.45) is 0 Å². The molecule has 0 fully saturated rings. The van der Waals surface area contributed by atoms with Gasteiger partial charge in [0.25, 0.3) is 0 Å². The minimum atomic E-state index is -1.43. The van der Waals surface area contributed by atoms with Gasteiger partial charge < -0.3 is 25.8 Å². The van der Waals surface area contributed by atoms with E-state index in [0.29, 0.717) is 0 Å². The van der Waals surface area contributed by atoms with Crippen LogP contribution in [0.1, 0.15) is 27.2 Å². The first-order valence-corrected chi connectivity index (χ1v) is 6.34. The monoisotopic (exact) mass is 303 g/mol. The molecule has 4 N–H and O–H groups in total. The number of hydrogen-bond donors (Lipinski definition) is 4. The van der Waals surface area contributed by atoms with Crippen LogP contribution in [-0.2, 0) is 19.1 Å². The topological polar surface area (TPSA) is 134 Å². The SMILES string of the molecule is COC(=O)C[C@H](NC(=O)NC(C)C(=O)NC(C)C)C(=O)O. The number of amides is 3. The van der Waals surface area contributed by atoms with Gasteiger partial charge in [0, 0.05) is 6.04 Å². The number of nitrogens with one attached hydrogen (secondary N) is 3. The van der Waals surface area contributed by atoms with Gasteiger partial charge in [0.05, 0.1) is 13.5 Å². The Kier molecular flexibility index (Phi) is 7.80. The highest BCUT2D eigenvalue weighted by atomic mass is 16.5. The Morgan fingerprint density at radius 3 is 2.05 bits per heavy atom. The summed E-state index contributed by atoms with van der Waals surface area (Å²) < 4.78 is 4.34. The summed E-state index contributed by atoms with van der Waals surface area (Å²) in [5.74, 6) is -2.55. The largest absolute Gasteiger partial charge is 0.480 e. The number of carboxylic acid groups (broad SMARTS) is 1. The van der Waals surface area contributed by atoms with Crippen molar-refractivity contribution in [2.75, 3.05) is 7.11 Å². The lowest BCUT2D eigenvalue weighted by molar-refractivity contribution is -0.147. The quantitative estimate of drug-likeness (QED) is 0.456. The summed E-state index contributed by atoms with van der Waals surface area (Å²) in [5.41, 5.74) is 0. The molecule has 9 nitrogen and oxygen atoms in total. The summed E-state index contributed by atoms with van der Waals surface area (Å²) in [6, 6.07) is -3.23. The van der Waals surface area contributed by atoms with Gasteiger partial charge in [0.2, 0.25) is 5.91 Å². The number of carbonyl (C=O) groups excluding carboxylic acids is 3. The van der Waals surface area contributed by atoms with Gasteiger partial charge in [-0.15, -0.1) is 0 Å². The van der Waals surface area contributed by atoms with Gasteiger partial charge in [-0.05, 0) is 20.8 Å². The van der Waals surface area contributed by atoms with Crippen molar-refractivity contribution in [3.63, 3.8) is 0 Å². The number of urea groups is 1. The smallest absolute Gasteiger partial charge is 0.326 e. The zero-order valence-electron chi connectivity index (χ0n) is 12.4. The van der Waals surface area contributed by atoms with E-state index in [4.69, 9.17) is 5.11 Å². The third kappa shape index (κ3) is 7.75. The van der Waals surface area contributed by atoms with Crippen molar-refractivity contribution >= 4 is 23.9 Å². The van der Waals surface area contributed by atoms with Gasteiger partial charge in [-0.2, -0.15) is 0 Å². The van der Waals surface area contributed by atoms with E-state index in [1.165, 1.54) is 6.92 Å². The van der Waals surface area contributed by atoms with Crippen molar-refractivity contribution in [2.45, 2.75) is 45.3 Å². The molecule has 0 aromatic heterocycles. The molecule has 0 spiro atoms. The lowest BCUT2D eigenvalue weighted by atomic mass is 10.2. The molecule has 0 radical (unpaired) electrons. The van der Waals surface area contributed by atoms with E-state index < -0.39 is 42.4 Å². The molecule has 0 saturated heterocycles. The fraction of sp³-hybridized carbons (Fsp3) is 0.667. The lowest BCUT2D eigenvalue weighted by Crippen LogP contribution is -2.53. The third-order valence-corrected chi connectivity index (χ3v) is 2.37. The van der Waals surface area contributed by atoms with Gasteiger partial charge >= 0.3 is 18.0 Å². The van der Waals surface area contributed by atoms with E-state index in [2.05, 4.69) is 20.7 Å². The standard InChI is InChI=1S/C12H21N3O6/c1-6(2)13-10(17)7(3)14-12(20)15-8(11(18)19)5-9(16)21-4/h6-8H,5H2,1-4H3,(H,13,17)(H,18,19)(H2,14,15,20)/t7?,8-/m0/s1. The number of hydrogen-bond acceptors (Lipinski definition) is 5. The van der Waals surface area contributed by atoms with Gasteiger partial charge in [-0.25, -0.2) is 9.59 Å². The maximum Gasteiger partial charge on any atom is 0.326 e. The summed E-state index contributed by atoms with van der Waals surface area (Å²) in [6.07, 6.45) is -0.508. The summed E-state index contributed by atoms with van der Waals surface area (Å²) in [4.78, 5) is 45.2. The van der Waals surface area contributed by atoms with E-state index in [-0.39, 0.29) is 6.04 Å². The average molecular weight is 303 g/mol. The molecule has 0 heterocycles. The molecule has 0 aliphatic rings. The Labute approximate surface area is 122 Å². The molecule has 0 aliphatic heterocycles. The lowest BCUT2D eigenvalue weighted by Gasteiger charge is -2.18. The molecule has 0 saturated carbocycles. The van der Waals surface area contributed by atoms with Crippen molar-refractivity contribution in [3.05, 3.63) is 0 Å². The second-order valence-corrected chi connectivity index (χ2v) is 4.67. The number of aliphatic carboxylic acids is 1. The summed E-state index contributed by atoms with van der Waals surface area (Å²) >= 11 is 0. The van der Waals surface area contributed by atoms with Crippen LogP contribution in [0.3, 0.4) is 0 Å². The predicted octanol–water partition coefficient (Wildman–Crippen LogP) is -0.785. The highest BCUT2D eigenvalue weighted by molar-refractivity contribution is 5.89. The molecule has 2 atom stereocenters. The molecule has 3 amide bonds. The maximum absolute atomic E-state index is 11.6. The third-order valence-electron chi connectivity index (χ3n) is 2.37. The number of carbonyl (C=O) groups is 4. The van der Waals surface area contributed by atoms with Crippen LogP contribution in [0.25, 0.3) is 0 Å². The fourth-order valence-electron chi connectivity index (χ4n) is 1.32. The van der Waals surface area contributed by atoms with Crippen molar-refractivity contribution in [1.29, 1.82) is 0 Å². The molecule has 0 bridgehead atoms. The first-order chi connectivity index (χ1) is 9.67. The number of ether oxygens (including phenoxy) is 1. The summed E-state index contributed by atoms with van der Waals surface area (Å²) in [6.45, 7) is 4.98. The van der Waals surface area contributed by atoms with Crippen LogP contribution in [0.15, 0.2) is 0 Å². The molecule has 21 heavy (non-hydrogen) atoms. The molecule has 0 rings (SSSR count). The molecule has 9 heteroatoms. The van der Waals surface area contributed by atoms with Crippen molar-refractivity contribution in [1.82, 2.24) is 16.0 Å². The molecule has 0 aromatic carbocycles. The number of rotatable bonds is 7. The molecule has 1 unspecified atom stereocenters. The van der Waals surface area contributed by atoms with Crippen LogP contribution in [-0.4, -0.2) is 54.2 Å². The van der Waals surface area contributed by atoms with Crippen LogP contribution in [0, 0.1) is 0 Å². The second kappa shape index (κ2) is 8.77. The Balaban J connectivity index is 4.47. The maximum atomic E-state index is 11.6. The van der Waals surface area contributed by atoms with Gasteiger partial charge in [0.1, 0.15) is 12.1 Å². The fourth-order valence-corrected chi connectivity index (χ4v) is 1.32. The highest BCUT2D eigenvalue weighted by Crippen LogP contribution is 1.95. The molecule has 0 aromatic rings. The number of esters is 1. The van der Waals surface area contributed by atoms with E-state index in [9.17, 15) is 19.2 Å². The summed E-state index contributed by atoms with van der Waals surface area (Å²) in [7, 11) is 1.11. The zero-order valence-corrected chi connectivity index (χ0v) is 12.4. The molecule has 0 aliphatic carbocycles. The zero-order chi connectivity index (χ0) is 16.6. The first-order valence-electron chi connectivity index (χ1n) is 6.34. The Hall–Kier alpha value is -2.32. The number of methoxy groups -OCH3 is 1. The minimum Gasteiger partial charge on any atom is -0.480 e. The first kappa shape index (κ1) is 18.7. The predicted molar refractivity (Wildman–Crippen MR) is 72.5 cm³/mol. The van der Waals surface area contributed by atoms with E-state index in [1.54, 1.807) is 13.8 Å². The van der Waals surface area contributed by atoms with Crippen LogP contribution >= 0.6 is 0 Å². The normalized spacial score (nSPS) is 13.0. The van der Waals surface area contributed by atoms with E-state index in [1.807, 2.05) is 0 Å². The Morgan fingerprint density at radius 2 is 1.62 bits per heavy atom. The van der Waals surface area contributed by atoms with Crippen LogP contribution < -0.4 is 16.0 Å². The van der Waals surface area contributed by atoms with Crippen molar-refractivity contribution < 1.29 is 29.0 Å². The van der Waals surface area contributed by atoms with Gasteiger partial charge in [-0.3, -0.25) is 9.59 Å². The molecular weight excluding hydrogens is 282 g/mol. The Morgan fingerprint density at radius 1 is 1.05 bits per heavy atom. The molecular formula is C12H21N3O6. The van der Waals surface area contributed by atoms with Gasteiger partial charge in [-0.1, -0.05) is 0 Å². The van der Waals surface area contributed by atoms with Crippen LogP contribution in [0.4, 0.5) is 4.79 Å². The average Bonchev–Trinajstić information content (AvgIpc) is 2.36. The minimum absolute atomic E-state index is 0.0871. The van der Waals surface area contributed by atoms with Crippen LogP contribution in [0.2, 0.25) is 0 Å². The second-order valence-electron chi connectivity index (χ2n) is 4.67. The van der Waals surface area contributed by atoms with Crippen LogP contribution in [0.5, 0.6) is 0 Å². The van der Waals surface area contributed by atoms with E-state index >= 15 is 0 Å². The Bertz CT molecular complexity index is 410. The van der Waals surface area contributed by atoms with Crippen molar-refractivity contribution in [3.8, 4) is 0 Å². The summed E-state index contributed by atoms with van der Waals surface area (Å²) in [5, 5.41) is 15.9.